The van der Waals surface area contributed by atoms with E-state index in [0.29, 0.717) is 21.3 Å². The number of carbonyl (C=O) groups excluding carboxylic acids is 1. The van der Waals surface area contributed by atoms with Crippen molar-refractivity contribution < 1.29 is 13.6 Å². The molecule has 0 unspecified atom stereocenters. The predicted octanol–water partition coefficient (Wildman–Crippen LogP) is 4.52. The minimum absolute atomic E-state index is 0.0164. The molecule has 4 rings (SSSR count). The number of anilines is 1. The van der Waals surface area contributed by atoms with Crippen LogP contribution in [-0.2, 0) is 11.9 Å². The molecule has 31 heavy (non-hydrogen) atoms. The summed E-state index contributed by atoms with van der Waals surface area (Å²) in [5.41, 5.74) is 0.228. The number of carbonyl (C=O) groups is 1. The molecule has 4 aromatic rings. The molecule has 13 heteroatoms. The van der Waals surface area contributed by atoms with Gasteiger partial charge in [-0.3, -0.25) is 10.1 Å². The standard InChI is InChI=1S/C18H12Cl3F2N7O/c1-9-5-14(18(21,22)23)30-15(25-9)6-13(27-30)16(31)26-17-24-8-29(28-17)7-10-11(19)3-2-4-12(10)20/h2-6,8H,7H2,1H3,(H,26,28,31). The summed E-state index contributed by atoms with van der Waals surface area (Å²) in [4.78, 5) is 20.6. The van der Waals surface area contributed by atoms with E-state index in [9.17, 15) is 13.6 Å². The lowest BCUT2D eigenvalue weighted by molar-refractivity contribution is 0.0868. The van der Waals surface area contributed by atoms with Crippen molar-refractivity contribution in [3.63, 3.8) is 0 Å². The highest BCUT2D eigenvalue weighted by Gasteiger charge is 2.32. The van der Waals surface area contributed by atoms with Crippen LogP contribution in [-0.4, -0.2) is 35.3 Å². The first-order chi connectivity index (χ1) is 14.6. The van der Waals surface area contributed by atoms with Gasteiger partial charge in [0.15, 0.2) is 11.3 Å². The lowest BCUT2D eigenvalue weighted by Gasteiger charge is -2.10. The molecule has 1 N–H and O–H groups in total. The Morgan fingerprint density at radius 3 is 2.58 bits per heavy atom. The Morgan fingerprint density at radius 2 is 1.90 bits per heavy atom. The van der Waals surface area contributed by atoms with E-state index in [0.717, 1.165) is 10.6 Å². The number of benzene rings is 1. The van der Waals surface area contributed by atoms with Crippen molar-refractivity contribution in [3.05, 3.63) is 69.3 Å². The smallest absolute Gasteiger partial charge is 0.288 e. The van der Waals surface area contributed by atoms with Crippen molar-refractivity contribution in [2.75, 3.05) is 5.32 Å². The van der Waals surface area contributed by atoms with Crippen molar-refractivity contribution in [2.24, 2.45) is 0 Å². The van der Waals surface area contributed by atoms with Crippen LogP contribution in [0, 0.1) is 6.92 Å². The van der Waals surface area contributed by atoms with Gasteiger partial charge in [-0.2, -0.15) is 13.9 Å². The molecule has 0 saturated heterocycles. The van der Waals surface area contributed by atoms with E-state index in [1.807, 2.05) is 0 Å². The first-order valence-corrected chi connectivity index (χ1v) is 9.83. The lowest BCUT2D eigenvalue weighted by Crippen LogP contribution is -2.16. The van der Waals surface area contributed by atoms with Gasteiger partial charge in [0.2, 0.25) is 5.95 Å². The summed E-state index contributed by atoms with van der Waals surface area (Å²) in [5, 5.41) is 7.74. The largest absolute Gasteiger partial charge is 0.364 e. The van der Waals surface area contributed by atoms with Gasteiger partial charge >= 0.3 is 5.38 Å². The zero-order valence-electron chi connectivity index (χ0n) is 15.7. The number of fused-ring (bicyclic) bond motifs is 1. The Morgan fingerprint density at radius 1 is 1.19 bits per heavy atom. The van der Waals surface area contributed by atoms with Crippen molar-refractivity contribution in [1.29, 1.82) is 0 Å². The van der Waals surface area contributed by atoms with Crippen LogP contribution in [0.5, 0.6) is 0 Å². The molecule has 0 saturated carbocycles. The van der Waals surface area contributed by atoms with Gasteiger partial charge in [-0.15, -0.1) is 5.10 Å². The maximum Gasteiger partial charge on any atom is 0.364 e. The van der Waals surface area contributed by atoms with Gasteiger partial charge in [-0.25, -0.2) is 19.2 Å². The predicted molar refractivity (Wildman–Crippen MR) is 111 cm³/mol. The second-order valence-corrected chi connectivity index (χ2v) is 7.79. The molecular formula is C18H12Cl3F2N7O. The van der Waals surface area contributed by atoms with Gasteiger partial charge in [0.25, 0.3) is 5.91 Å². The maximum absolute atomic E-state index is 13.7. The van der Waals surface area contributed by atoms with E-state index < -0.39 is 17.0 Å². The number of hydrogen-bond donors (Lipinski definition) is 1. The number of nitrogens with one attached hydrogen (secondary N) is 1. The molecule has 1 aromatic carbocycles. The van der Waals surface area contributed by atoms with Crippen LogP contribution in [0.25, 0.3) is 5.65 Å². The van der Waals surface area contributed by atoms with Gasteiger partial charge in [-0.1, -0.05) is 29.3 Å². The molecule has 8 nitrogen and oxygen atoms in total. The Balaban J connectivity index is 1.56. The van der Waals surface area contributed by atoms with E-state index in [1.165, 1.54) is 24.0 Å². The number of nitrogens with zero attached hydrogens (tertiary/aromatic N) is 6. The third-order valence-corrected chi connectivity index (χ3v) is 5.12. The summed E-state index contributed by atoms with van der Waals surface area (Å²) in [6.07, 6.45) is 1.38. The summed E-state index contributed by atoms with van der Waals surface area (Å²) in [7, 11) is 0. The van der Waals surface area contributed by atoms with Crippen molar-refractivity contribution in [2.45, 2.75) is 18.9 Å². The zero-order valence-corrected chi connectivity index (χ0v) is 17.9. The van der Waals surface area contributed by atoms with Crippen LogP contribution in [0.4, 0.5) is 14.7 Å². The molecule has 0 spiro atoms. The number of hydrogen-bond acceptors (Lipinski definition) is 5. The SMILES string of the molecule is Cc1cc(C(F)(F)Cl)n2nc(C(=O)Nc3ncn(Cc4c(Cl)cccc4Cl)n3)cc2n1. The Hall–Kier alpha value is -2.82. The summed E-state index contributed by atoms with van der Waals surface area (Å²) in [5.74, 6) is -0.724. The highest BCUT2D eigenvalue weighted by atomic mass is 35.5. The number of amides is 1. The van der Waals surface area contributed by atoms with Crippen molar-refractivity contribution >= 4 is 52.3 Å². The summed E-state index contributed by atoms with van der Waals surface area (Å²) >= 11 is 17.5. The Labute approximate surface area is 188 Å². The van der Waals surface area contributed by atoms with Gasteiger partial charge in [0.05, 0.1) is 6.54 Å². The molecule has 3 aromatic heterocycles. The molecular weight excluding hydrogens is 475 g/mol. The summed E-state index contributed by atoms with van der Waals surface area (Å²) < 4.78 is 29.6. The lowest BCUT2D eigenvalue weighted by atomic mass is 10.2. The highest BCUT2D eigenvalue weighted by Crippen LogP contribution is 2.32. The van der Waals surface area contributed by atoms with Gasteiger partial charge in [0, 0.05) is 27.4 Å². The molecule has 160 valence electrons. The molecule has 0 atom stereocenters. The van der Waals surface area contributed by atoms with Crippen LogP contribution in [0.2, 0.25) is 10.0 Å². The van der Waals surface area contributed by atoms with Crippen LogP contribution in [0.15, 0.2) is 36.7 Å². The fraction of sp³-hybridized carbons (Fsp3) is 0.167. The molecule has 0 bridgehead atoms. The Kier molecular flexibility index (Phi) is 5.54. The van der Waals surface area contributed by atoms with Crippen LogP contribution in [0.3, 0.4) is 0 Å². The second-order valence-electron chi connectivity index (χ2n) is 6.50. The molecule has 0 aliphatic heterocycles. The fourth-order valence-electron chi connectivity index (χ4n) is 2.85. The first-order valence-electron chi connectivity index (χ1n) is 8.70. The van der Waals surface area contributed by atoms with Crippen molar-refractivity contribution in [3.8, 4) is 0 Å². The van der Waals surface area contributed by atoms with E-state index in [-0.39, 0.29) is 23.8 Å². The third kappa shape index (κ3) is 4.46. The van der Waals surface area contributed by atoms with E-state index in [2.05, 4.69) is 25.5 Å². The van der Waals surface area contributed by atoms with E-state index >= 15 is 0 Å². The van der Waals surface area contributed by atoms with Crippen LogP contribution >= 0.6 is 34.8 Å². The van der Waals surface area contributed by atoms with Gasteiger partial charge < -0.3 is 0 Å². The average molecular weight is 487 g/mol. The third-order valence-electron chi connectivity index (χ3n) is 4.22. The number of aromatic nitrogens is 6. The van der Waals surface area contributed by atoms with Crippen molar-refractivity contribution in [1.82, 2.24) is 29.4 Å². The van der Waals surface area contributed by atoms with Crippen LogP contribution < -0.4 is 5.32 Å². The van der Waals surface area contributed by atoms with Crippen LogP contribution in [0.1, 0.15) is 27.4 Å². The van der Waals surface area contributed by atoms with E-state index in [1.54, 1.807) is 18.2 Å². The number of halogens is 5. The number of alkyl halides is 3. The molecule has 0 aliphatic rings. The summed E-state index contributed by atoms with van der Waals surface area (Å²) in [6.45, 7) is 1.76. The fourth-order valence-corrected chi connectivity index (χ4v) is 3.50. The zero-order chi connectivity index (χ0) is 22.3. The quantitative estimate of drug-likeness (QED) is 0.419. The first kappa shape index (κ1) is 21.4. The monoisotopic (exact) mass is 485 g/mol. The highest BCUT2D eigenvalue weighted by molar-refractivity contribution is 6.36. The maximum atomic E-state index is 13.7. The average Bonchev–Trinajstić information content (AvgIpc) is 3.30. The molecule has 1 amide bonds. The molecule has 0 fully saturated rings. The normalized spacial score (nSPS) is 11.8. The van der Waals surface area contributed by atoms with Gasteiger partial charge in [0.1, 0.15) is 12.0 Å². The topological polar surface area (TPSA) is 90.0 Å². The summed E-state index contributed by atoms with van der Waals surface area (Å²) in [6, 6.07) is 7.46. The van der Waals surface area contributed by atoms with Gasteiger partial charge in [-0.05, 0) is 36.7 Å². The Bertz CT molecular complexity index is 1280. The van der Waals surface area contributed by atoms with E-state index in [4.69, 9.17) is 34.8 Å². The second kappa shape index (κ2) is 8.03. The molecule has 3 heterocycles. The minimum Gasteiger partial charge on any atom is -0.288 e. The number of aryl methyl sites for hydroxylation is 1. The molecule has 0 radical (unpaired) electrons. The number of rotatable bonds is 5. The minimum atomic E-state index is -3.69. The molecule has 0 aliphatic carbocycles.